The quantitative estimate of drug-likeness (QED) is 0.871. The monoisotopic (exact) mass is 305 g/mol. The molecule has 6 heteroatoms. The highest BCUT2D eigenvalue weighted by Crippen LogP contribution is 2.24. The SMILES string of the molecule is Cc1nc(C)c(CCC2CCN(C(=O)[C@H](C)N)CC2)c(N)n1. The summed E-state index contributed by atoms with van der Waals surface area (Å²) in [5.74, 6) is 2.01. The summed E-state index contributed by atoms with van der Waals surface area (Å²) in [5, 5.41) is 0. The Kier molecular flexibility index (Phi) is 5.34. The van der Waals surface area contributed by atoms with Crippen molar-refractivity contribution in [2.24, 2.45) is 11.7 Å². The van der Waals surface area contributed by atoms with Crippen LogP contribution >= 0.6 is 0 Å². The first kappa shape index (κ1) is 16.7. The van der Waals surface area contributed by atoms with E-state index in [1.54, 1.807) is 6.92 Å². The van der Waals surface area contributed by atoms with Gasteiger partial charge in [-0.15, -0.1) is 0 Å². The van der Waals surface area contributed by atoms with E-state index in [0.29, 0.717) is 11.7 Å². The Bertz CT molecular complexity index is 512. The van der Waals surface area contributed by atoms with Crippen LogP contribution in [0.25, 0.3) is 0 Å². The maximum Gasteiger partial charge on any atom is 0.239 e. The average molecular weight is 305 g/mol. The third-order valence-electron chi connectivity index (χ3n) is 4.48. The van der Waals surface area contributed by atoms with Crippen molar-refractivity contribution in [3.8, 4) is 0 Å². The molecule has 1 atom stereocenters. The fourth-order valence-electron chi connectivity index (χ4n) is 3.15. The van der Waals surface area contributed by atoms with Gasteiger partial charge >= 0.3 is 0 Å². The first-order chi connectivity index (χ1) is 10.4. The van der Waals surface area contributed by atoms with E-state index in [1.165, 1.54) is 0 Å². The largest absolute Gasteiger partial charge is 0.383 e. The molecule has 1 amide bonds. The van der Waals surface area contributed by atoms with Gasteiger partial charge in [-0.05, 0) is 52.4 Å². The molecule has 2 rings (SSSR count). The topological polar surface area (TPSA) is 98.1 Å². The number of rotatable bonds is 4. The second kappa shape index (κ2) is 7.05. The molecule has 4 N–H and O–H groups in total. The summed E-state index contributed by atoms with van der Waals surface area (Å²) in [4.78, 5) is 22.4. The Morgan fingerprint density at radius 3 is 2.50 bits per heavy atom. The first-order valence-electron chi connectivity index (χ1n) is 8.02. The van der Waals surface area contributed by atoms with Gasteiger partial charge < -0.3 is 16.4 Å². The van der Waals surface area contributed by atoms with Crippen LogP contribution < -0.4 is 11.5 Å². The third-order valence-corrected chi connectivity index (χ3v) is 4.48. The Labute approximate surface area is 132 Å². The fraction of sp³-hybridized carbons (Fsp3) is 0.688. The Morgan fingerprint density at radius 2 is 1.95 bits per heavy atom. The second-order valence-electron chi connectivity index (χ2n) is 6.32. The number of carbonyl (C=O) groups excluding carboxylic acids is 1. The molecule has 1 aromatic rings. The molecule has 0 spiro atoms. The number of hydrogen-bond donors (Lipinski definition) is 2. The number of anilines is 1. The van der Waals surface area contributed by atoms with Crippen LogP contribution in [0, 0.1) is 19.8 Å². The van der Waals surface area contributed by atoms with Crippen LogP contribution in [-0.2, 0) is 11.2 Å². The molecular weight excluding hydrogens is 278 g/mol. The molecule has 122 valence electrons. The van der Waals surface area contributed by atoms with E-state index < -0.39 is 6.04 Å². The van der Waals surface area contributed by atoms with Gasteiger partial charge in [0, 0.05) is 24.3 Å². The molecule has 1 aliphatic heterocycles. The molecule has 0 radical (unpaired) electrons. The van der Waals surface area contributed by atoms with Gasteiger partial charge in [0.15, 0.2) is 0 Å². The number of aromatic nitrogens is 2. The highest BCUT2D eigenvalue weighted by atomic mass is 16.2. The smallest absolute Gasteiger partial charge is 0.239 e. The number of nitrogens with zero attached hydrogens (tertiary/aromatic N) is 3. The van der Waals surface area contributed by atoms with Crippen LogP contribution in [-0.4, -0.2) is 39.9 Å². The van der Waals surface area contributed by atoms with E-state index in [1.807, 2.05) is 18.7 Å². The van der Waals surface area contributed by atoms with Gasteiger partial charge in [0.05, 0.1) is 6.04 Å². The van der Waals surface area contributed by atoms with E-state index in [-0.39, 0.29) is 5.91 Å². The molecule has 2 heterocycles. The summed E-state index contributed by atoms with van der Waals surface area (Å²) in [7, 11) is 0. The second-order valence-corrected chi connectivity index (χ2v) is 6.32. The van der Waals surface area contributed by atoms with Crippen LogP contribution in [0.5, 0.6) is 0 Å². The lowest BCUT2D eigenvalue weighted by Crippen LogP contribution is -2.45. The van der Waals surface area contributed by atoms with E-state index >= 15 is 0 Å². The Balaban J connectivity index is 1.86. The van der Waals surface area contributed by atoms with Gasteiger partial charge in [0.25, 0.3) is 0 Å². The van der Waals surface area contributed by atoms with E-state index in [4.69, 9.17) is 11.5 Å². The number of likely N-dealkylation sites (tertiary alicyclic amines) is 1. The number of hydrogen-bond acceptors (Lipinski definition) is 5. The van der Waals surface area contributed by atoms with E-state index in [9.17, 15) is 4.79 Å². The average Bonchev–Trinajstić information content (AvgIpc) is 2.46. The predicted octanol–water partition coefficient (Wildman–Crippen LogP) is 1.19. The minimum atomic E-state index is -0.399. The zero-order valence-electron chi connectivity index (χ0n) is 13.8. The summed E-state index contributed by atoms with van der Waals surface area (Å²) < 4.78 is 0. The standard InChI is InChI=1S/C16H27N5O/c1-10(17)16(22)21-8-6-13(7-9-21)4-5-14-11(2)19-12(3)20-15(14)18/h10,13H,4-9,17H2,1-3H3,(H2,18,19,20)/t10-/m0/s1. The maximum atomic E-state index is 11.9. The number of nitrogen functional groups attached to an aromatic ring is 1. The third kappa shape index (κ3) is 3.94. The van der Waals surface area contributed by atoms with Crippen molar-refractivity contribution in [3.05, 3.63) is 17.1 Å². The number of carbonyl (C=O) groups is 1. The first-order valence-corrected chi connectivity index (χ1v) is 8.02. The van der Waals surface area contributed by atoms with Gasteiger partial charge in [-0.2, -0.15) is 0 Å². The summed E-state index contributed by atoms with van der Waals surface area (Å²) in [5.41, 5.74) is 13.7. The minimum Gasteiger partial charge on any atom is -0.383 e. The number of nitrogens with two attached hydrogens (primary N) is 2. The van der Waals surface area contributed by atoms with Crippen molar-refractivity contribution >= 4 is 11.7 Å². The normalized spacial score (nSPS) is 17.5. The summed E-state index contributed by atoms with van der Waals surface area (Å²) in [6.07, 6.45) is 4.04. The molecular formula is C16H27N5O. The molecule has 0 bridgehead atoms. The molecule has 0 aliphatic carbocycles. The van der Waals surface area contributed by atoms with Crippen molar-refractivity contribution in [3.63, 3.8) is 0 Å². The highest BCUT2D eigenvalue weighted by molar-refractivity contribution is 5.81. The lowest BCUT2D eigenvalue weighted by molar-refractivity contribution is -0.133. The van der Waals surface area contributed by atoms with Gasteiger partial charge in [0.1, 0.15) is 11.6 Å². The lowest BCUT2D eigenvalue weighted by atomic mass is 9.90. The van der Waals surface area contributed by atoms with Crippen LogP contribution in [0.2, 0.25) is 0 Å². The molecule has 0 unspecified atom stereocenters. The van der Waals surface area contributed by atoms with Gasteiger partial charge in [-0.1, -0.05) is 0 Å². The molecule has 1 aliphatic rings. The summed E-state index contributed by atoms with van der Waals surface area (Å²) in [6, 6.07) is -0.399. The predicted molar refractivity (Wildman–Crippen MR) is 87.2 cm³/mol. The minimum absolute atomic E-state index is 0.0606. The molecule has 22 heavy (non-hydrogen) atoms. The van der Waals surface area contributed by atoms with Crippen molar-refractivity contribution < 1.29 is 4.79 Å². The van der Waals surface area contributed by atoms with Crippen LogP contribution in [0.1, 0.15) is 43.3 Å². The Hall–Kier alpha value is -1.69. The van der Waals surface area contributed by atoms with Crippen molar-refractivity contribution in [1.29, 1.82) is 0 Å². The fourth-order valence-corrected chi connectivity index (χ4v) is 3.15. The number of aryl methyl sites for hydroxylation is 2. The Morgan fingerprint density at radius 1 is 1.32 bits per heavy atom. The molecule has 0 saturated carbocycles. The molecule has 0 aromatic carbocycles. The van der Waals surface area contributed by atoms with Crippen LogP contribution in [0.3, 0.4) is 0 Å². The van der Waals surface area contributed by atoms with E-state index in [0.717, 1.165) is 55.9 Å². The van der Waals surface area contributed by atoms with Crippen LogP contribution in [0.15, 0.2) is 0 Å². The highest BCUT2D eigenvalue weighted by Gasteiger charge is 2.24. The van der Waals surface area contributed by atoms with Gasteiger partial charge in [-0.3, -0.25) is 4.79 Å². The lowest BCUT2D eigenvalue weighted by Gasteiger charge is -2.33. The molecule has 1 aromatic heterocycles. The van der Waals surface area contributed by atoms with Gasteiger partial charge in [0.2, 0.25) is 5.91 Å². The zero-order valence-corrected chi connectivity index (χ0v) is 13.8. The van der Waals surface area contributed by atoms with Gasteiger partial charge in [-0.25, -0.2) is 9.97 Å². The van der Waals surface area contributed by atoms with Crippen molar-refractivity contribution in [2.75, 3.05) is 18.8 Å². The zero-order chi connectivity index (χ0) is 16.3. The number of amides is 1. The van der Waals surface area contributed by atoms with E-state index in [2.05, 4.69) is 9.97 Å². The van der Waals surface area contributed by atoms with Crippen molar-refractivity contribution in [2.45, 2.75) is 52.5 Å². The van der Waals surface area contributed by atoms with Crippen molar-refractivity contribution in [1.82, 2.24) is 14.9 Å². The summed E-state index contributed by atoms with van der Waals surface area (Å²) in [6.45, 7) is 7.22. The maximum absolute atomic E-state index is 11.9. The number of piperidine rings is 1. The van der Waals surface area contributed by atoms with Crippen LogP contribution in [0.4, 0.5) is 5.82 Å². The summed E-state index contributed by atoms with van der Waals surface area (Å²) >= 11 is 0. The molecule has 1 fully saturated rings. The molecule has 6 nitrogen and oxygen atoms in total. The molecule has 1 saturated heterocycles.